The minimum atomic E-state index is -0.155. The second-order valence-electron chi connectivity index (χ2n) is 4.98. The number of fused-ring (bicyclic) bond motifs is 1. The molecule has 1 fully saturated rings. The van der Waals surface area contributed by atoms with Gasteiger partial charge in [-0.15, -0.1) is 0 Å². The van der Waals surface area contributed by atoms with Crippen molar-refractivity contribution >= 4 is 22.8 Å². The summed E-state index contributed by atoms with van der Waals surface area (Å²) < 4.78 is 1.73. The van der Waals surface area contributed by atoms with Crippen LogP contribution in [0.2, 0.25) is 0 Å². The number of aromatic nitrogens is 4. The van der Waals surface area contributed by atoms with Gasteiger partial charge in [-0.25, -0.2) is 9.97 Å². The Morgan fingerprint density at radius 2 is 2.30 bits per heavy atom. The first-order valence-electron chi connectivity index (χ1n) is 6.82. The van der Waals surface area contributed by atoms with E-state index >= 15 is 0 Å². The average molecular weight is 274 g/mol. The van der Waals surface area contributed by atoms with Gasteiger partial charge in [-0.3, -0.25) is 9.48 Å². The molecule has 0 radical (unpaired) electrons. The standard InChI is InChI=1S/C13H18N6O/c1-4-19(10-5-6-14-13(10)20)12-9-7-15-18(3)11(9)16-8(2)17-12/h7,10H,4-6H2,1-3H3,(H,14,20)/t10-/m0/s1. The van der Waals surface area contributed by atoms with Crippen molar-refractivity contribution in [2.24, 2.45) is 7.05 Å². The normalized spacial score (nSPS) is 18.6. The van der Waals surface area contributed by atoms with E-state index in [1.54, 1.807) is 10.9 Å². The second-order valence-corrected chi connectivity index (χ2v) is 4.98. The zero-order valence-electron chi connectivity index (χ0n) is 11.9. The maximum Gasteiger partial charge on any atom is 0.242 e. The Morgan fingerprint density at radius 3 is 2.95 bits per heavy atom. The Hall–Kier alpha value is -2.18. The van der Waals surface area contributed by atoms with E-state index in [1.807, 2.05) is 25.8 Å². The van der Waals surface area contributed by atoms with Gasteiger partial charge < -0.3 is 10.2 Å². The summed E-state index contributed by atoms with van der Waals surface area (Å²) in [5, 5.41) is 8.01. The Balaban J connectivity index is 2.13. The van der Waals surface area contributed by atoms with Crippen LogP contribution in [0.25, 0.3) is 11.0 Å². The Labute approximate surface area is 117 Å². The number of amides is 1. The van der Waals surface area contributed by atoms with Gasteiger partial charge in [-0.1, -0.05) is 0 Å². The first kappa shape index (κ1) is 12.8. The molecular weight excluding hydrogens is 256 g/mol. The van der Waals surface area contributed by atoms with Gasteiger partial charge in [-0.05, 0) is 20.3 Å². The Kier molecular flexibility index (Phi) is 3.04. The molecule has 3 rings (SSSR count). The largest absolute Gasteiger partial charge is 0.354 e. The number of nitrogens with zero attached hydrogens (tertiary/aromatic N) is 5. The van der Waals surface area contributed by atoms with E-state index in [-0.39, 0.29) is 11.9 Å². The summed E-state index contributed by atoms with van der Waals surface area (Å²) in [5.41, 5.74) is 0.796. The van der Waals surface area contributed by atoms with Gasteiger partial charge in [0.25, 0.3) is 0 Å². The third kappa shape index (κ3) is 1.90. The number of anilines is 1. The molecule has 7 nitrogen and oxygen atoms in total. The maximum atomic E-state index is 12.0. The van der Waals surface area contributed by atoms with Crippen molar-refractivity contribution in [1.82, 2.24) is 25.1 Å². The minimum absolute atomic E-state index is 0.0696. The molecule has 1 aliphatic rings. The van der Waals surface area contributed by atoms with Gasteiger partial charge in [0.15, 0.2) is 5.65 Å². The van der Waals surface area contributed by atoms with E-state index in [0.29, 0.717) is 5.82 Å². The van der Waals surface area contributed by atoms with Crippen LogP contribution >= 0.6 is 0 Å². The molecule has 7 heteroatoms. The van der Waals surface area contributed by atoms with Crippen LogP contribution < -0.4 is 10.2 Å². The molecule has 1 N–H and O–H groups in total. The number of nitrogens with one attached hydrogen (secondary N) is 1. The summed E-state index contributed by atoms with van der Waals surface area (Å²) >= 11 is 0. The summed E-state index contributed by atoms with van der Waals surface area (Å²) in [6.45, 7) is 5.34. The SMILES string of the molecule is CCN(c1nc(C)nc2c1cnn2C)[C@H]1CCNC1=O. The zero-order valence-corrected chi connectivity index (χ0v) is 11.9. The average Bonchev–Trinajstić information content (AvgIpc) is 2.99. The first-order valence-corrected chi connectivity index (χ1v) is 6.82. The lowest BCUT2D eigenvalue weighted by atomic mass is 10.2. The fourth-order valence-electron chi connectivity index (χ4n) is 2.73. The van der Waals surface area contributed by atoms with Crippen LogP contribution in [0.5, 0.6) is 0 Å². The molecule has 2 aromatic heterocycles. The number of likely N-dealkylation sites (N-methyl/N-ethyl adjacent to an activating group) is 1. The van der Waals surface area contributed by atoms with Crippen LogP contribution in [0.3, 0.4) is 0 Å². The zero-order chi connectivity index (χ0) is 14.3. The Morgan fingerprint density at radius 1 is 1.50 bits per heavy atom. The van der Waals surface area contributed by atoms with Crippen molar-refractivity contribution in [3.63, 3.8) is 0 Å². The van der Waals surface area contributed by atoms with Crippen molar-refractivity contribution in [2.75, 3.05) is 18.0 Å². The summed E-state index contributed by atoms with van der Waals surface area (Å²) in [5.74, 6) is 1.55. The quantitative estimate of drug-likeness (QED) is 0.876. The highest BCUT2D eigenvalue weighted by molar-refractivity contribution is 5.92. The molecule has 1 saturated heterocycles. The first-order chi connectivity index (χ1) is 9.61. The predicted octanol–water partition coefficient (Wildman–Crippen LogP) is 0.387. The fraction of sp³-hybridized carbons (Fsp3) is 0.538. The molecule has 0 bridgehead atoms. The topological polar surface area (TPSA) is 75.9 Å². The van der Waals surface area contributed by atoms with E-state index in [1.165, 1.54) is 0 Å². The number of hydrogen-bond acceptors (Lipinski definition) is 5. The molecule has 3 heterocycles. The molecule has 1 atom stereocenters. The smallest absolute Gasteiger partial charge is 0.242 e. The number of carbonyl (C=O) groups excluding carboxylic acids is 1. The van der Waals surface area contributed by atoms with Gasteiger partial charge in [0.05, 0.1) is 11.6 Å². The third-order valence-electron chi connectivity index (χ3n) is 3.69. The molecule has 106 valence electrons. The highest BCUT2D eigenvalue weighted by atomic mass is 16.2. The van der Waals surface area contributed by atoms with Crippen molar-refractivity contribution in [1.29, 1.82) is 0 Å². The van der Waals surface area contributed by atoms with E-state index in [2.05, 4.69) is 20.4 Å². The van der Waals surface area contributed by atoms with Crippen molar-refractivity contribution in [3.8, 4) is 0 Å². The van der Waals surface area contributed by atoms with Crippen LogP contribution in [0.4, 0.5) is 5.82 Å². The monoisotopic (exact) mass is 274 g/mol. The van der Waals surface area contributed by atoms with E-state index < -0.39 is 0 Å². The van der Waals surface area contributed by atoms with Crippen LogP contribution in [0.1, 0.15) is 19.2 Å². The number of rotatable bonds is 3. The molecule has 2 aromatic rings. The number of carbonyl (C=O) groups is 1. The lowest BCUT2D eigenvalue weighted by Crippen LogP contribution is -2.41. The number of hydrogen-bond donors (Lipinski definition) is 1. The van der Waals surface area contributed by atoms with E-state index in [4.69, 9.17) is 0 Å². The van der Waals surface area contributed by atoms with Gasteiger partial charge in [0.2, 0.25) is 5.91 Å². The third-order valence-corrected chi connectivity index (χ3v) is 3.69. The van der Waals surface area contributed by atoms with Crippen LogP contribution in [0.15, 0.2) is 6.20 Å². The van der Waals surface area contributed by atoms with Crippen molar-refractivity contribution in [3.05, 3.63) is 12.0 Å². The number of aryl methyl sites for hydroxylation is 2. The summed E-state index contributed by atoms with van der Waals surface area (Å²) in [7, 11) is 1.86. The fourth-order valence-corrected chi connectivity index (χ4v) is 2.73. The van der Waals surface area contributed by atoms with Gasteiger partial charge in [-0.2, -0.15) is 5.10 Å². The van der Waals surface area contributed by atoms with E-state index in [9.17, 15) is 4.79 Å². The summed E-state index contributed by atoms with van der Waals surface area (Å²) in [6, 6.07) is -0.155. The lowest BCUT2D eigenvalue weighted by molar-refractivity contribution is -0.120. The van der Waals surface area contributed by atoms with E-state index in [0.717, 1.165) is 36.4 Å². The Bertz CT molecular complexity index is 664. The van der Waals surface area contributed by atoms with Gasteiger partial charge in [0, 0.05) is 20.1 Å². The van der Waals surface area contributed by atoms with Crippen molar-refractivity contribution in [2.45, 2.75) is 26.3 Å². The maximum absolute atomic E-state index is 12.0. The van der Waals surface area contributed by atoms with Crippen molar-refractivity contribution < 1.29 is 4.79 Å². The second kappa shape index (κ2) is 4.73. The summed E-state index contributed by atoms with van der Waals surface area (Å²) in [6.07, 6.45) is 2.57. The molecule has 1 amide bonds. The van der Waals surface area contributed by atoms with Gasteiger partial charge in [0.1, 0.15) is 17.7 Å². The van der Waals surface area contributed by atoms with Crippen LogP contribution in [-0.4, -0.2) is 44.8 Å². The lowest BCUT2D eigenvalue weighted by Gasteiger charge is -2.27. The molecule has 20 heavy (non-hydrogen) atoms. The van der Waals surface area contributed by atoms with Crippen LogP contribution in [0, 0.1) is 6.92 Å². The molecule has 1 aliphatic heterocycles. The molecular formula is C13H18N6O. The predicted molar refractivity (Wildman–Crippen MR) is 75.5 cm³/mol. The molecule has 0 unspecified atom stereocenters. The molecule has 0 saturated carbocycles. The molecule has 0 spiro atoms. The van der Waals surface area contributed by atoms with Gasteiger partial charge >= 0.3 is 0 Å². The summed E-state index contributed by atoms with van der Waals surface area (Å²) in [4.78, 5) is 23.0. The van der Waals surface area contributed by atoms with Crippen LogP contribution in [-0.2, 0) is 11.8 Å². The highest BCUT2D eigenvalue weighted by Crippen LogP contribution is 2.26. The highest BCUT2D eigenvalue weighted by Gasteiger charge is 2.31. The molecule has 0 aliphatic carbocycles. The molecule has 0 aromatic carbocycles. The minimum Gasteiger partial charge on any atom is -0.354 e.